The normalized spacial score (nSPS) is 19.9. The summed E-state index contributed by atoms with van der Waals surface area (Å²) < 4.78 is 0. The van der Waals surface area contributed by atoms with E-state index in [1.165, 1.54) is 24.1 Å². The van der Waals surface area contributed by atoms with Crippen LogP contribution in [-0.2, 0) is 0 Å². The van der Waals surface area contributed by atoms with Gasteiger partial charge in [-0.15, -0.1) is 0 Å². The fourth-order valence-corrected chi connectivity index (χ4v) is 2.78. The highest BCUT2D eigenvalue weighted by Crippen LogP contribution is 2.31. The molecule has 0 amide bonds. The summed E-state index contributed by atoms with van der Waals surface area (Å²) in [7, 11) is 0. The van der Waals surface area contributed by atoms with Gasteiger partial charge in [-0.05, 0) is 37.1 Å². The molecule has 1 aliphatic rings. The van der Waals surface area contributed by atoms with Crippen LogP contribution >= 0.6 is 11.6 Å². The average molecular weight is 262 g/mol. The van der Waals surface area contributed by atoms with Crippen LogP contribution in [0.4, 0.5) is 0 Å². The SMILES string of the molecule is Clc1cccc(-c2cn[nH]c2[C@@H]2CCCNC2)c1. The van der Waals surface area contributed by atoms with Gasteiger partial charge in [-0.1, -0.05) is 23.7 Å². The number of piperidine rings is 1. The van der Waals surface area contributed by atoms with Crippen LogP contribution in [0.25, 0.3) is 11.1 Å². The summed E-state index contributed by atoms with van der Waals surface area (Å²) in [6, 6.07) is 7.95. The van der Waals surface area contributed by atoms with Crippen molar-refractivity contribution in [1.82, 2.24) is 15.5 Å². The van der Waals surface area contributed by atoms with Gasteiger partial charge in [-0.2, -0.15) is 5.10 Å². The van der Waals surface area contributed by atoms with Crippen molar-refractivity contribution in [1.29, 1.82) is 0 Å². The van der Waals surface area contributed by atoms with Gasteiger partial charge in [0.1, 0.15) is 0 Å². The van der Waals surface area contributed by atoms with Crippen LogP contribution in [0.1, 0.15) is 24.5 Å². The monoisotopic (exact) mass is 261 g/mol. The summed E-state index contributed by atoms with van der Waals surface area (Å²) in [6.45, 7) is 2.15. The summed E-state index contributed by atoms with van der Waals surface area (Å²) in [4.78, 5) is 0. The first-order valence-electron chi connectivity index (χ1n) is 6.34. The number of aromatic nitrogens is 2. The van der Waals surface area contributed by atoms with E-state index in [1.807, 2.05) is 24.4 Å². The van der Waals surface area contributed by atoms with Gasteiger partial charge in [0.25, 0.3) is 0 Å². The predicted octanol–water partition coefficient (Wildman–Crippen LogP) is 3.20. The molecular formula is C14H16ClN3. The van der Waals surface area contributed by atoms with Gasteiger partial charge in [-0.3, -0.25) is 5.10 Å². The van der Waals surface area contributed by atoms with Gasteiger partial charge in [-0.25, -0.2) is 0 Å². The lowest BCUT2D eigenvalue weighted by Gasteiger charge is -2.22. The molecule has 3 nitrogen and oxygen atoms in total. The van der Waals surface area contributed by atoms with Crippen molar-refractivity contribution in [3.63, 3.8) is 0 Å². The van der Waals surface area contributed by atoms with Crippen molar-refractivity contribution >= 4 is 11.6 Å². The summed E-state index contributed by atoms with van der Waals surface area (Å²) in [6.07, 6.45) is 4.33. The zero-order valence-corrected chi connectivity index (χ0v) is 10.9. The van der Waals surface area contributed by atoms with Crippen molar-refractivity contribution in [2.45, 2.75) is 18.8 Å². The minimum absolute atomic E-state index is 0.523. The van der Waals surface area contributed by atoms with Gasteiger partial charge in [0, 0.05) is 28.7 Å². The zero-order valence-electron chi connectivity index (χ0n) is 10.1. The maximum absolute atomic E-state index is 6.06. The molecule has 1 saturated heterocycles. The molecule has 0 radical (unpaired) electrons. The standard InChI is InChI=1S/C14H16ClN3/c15-12-5-1-3-10(7-12)13-9-17-18-14(13)11-4-2-6-16-8-11/h1,3,5,7,9,11,16H,2,4,6,8H2,(H,17,18)/t11-/m1/s1. The van der Waals surface area contributed by atoms with Crippen LogP contribution in [0, 0.1) is 0 Å². The molecule has 0 unspecified atom stereocenters. The van der Waals surface area contributed by atoms with E-state index in [-0.39, 0.29) is 0 Å². The maximum atomic E-state index is 6.06. The Balaban J connectivity index is 1.95. The van der Waals surface area contributed by atoms with Crippen molar-refractivity contribution in [2.75, 3.05) is 13.1 Å². The fraction of sp³-hybridized carbons (Fsp3) is 0.357. The highest BCUT2D eigenvalue weighted by molar-refractivity contribution is 6.30. The Morgan fingerprint density at radius 3 is 3.06 bits per heavy atom. The van der Waals surface area contributed by atoms with Crippen LogP contribution in [0.5, 0.6) is 0 Å². The van der Waals surface area contributed by atoms with E-state index in [4.69, 9.17) is 11.6 Å². The second kappa shape index (κ2) is 5.12. The molecule has 4 heteroatoms. The van der Waals surface area contributed by atoms with Crippen molar-refractivity contribution < 1.29 is 0 Å². The molecule has 3 rings (SSSR count). The van der Waals surface area contributed by atoms with E-state index in [2.05, 4.69) is 21.6 Å². The fourth-order valence-electron chi connectivity index (χ4n) is 2.59. The van der Waals surface area contributed by atoms with Gasteiger partial charge < -0.3 is 5.32 Å². The van der Waals surface area contributed by atoms with E-state index in [0.717, 1.165) is 23.7 Å². The lowest BCUT2D eigenvalue weighted by molar-refractivity contribution is 0.455. The Morgan fingerprint density at radius 2 is 2.28 bits per heavy atom. The van der Waals surface area contributed by atoms with Crippen molar-refractivity contribution in [3.8, 4) is 11.1 Å². The lowest BCUT2D eigenvalue weighted by Crippen LogP contribution is -2.28. The minimum Gasteiger partial charge on any atom is -0.316 e. The van der Waals surface area contributed by atoms with Crippen LogP contribution in [0.2, 0.25) is 5.02 Å². The zero-order chi connectivity index (χ0) is 12.4. The topological polar surface area (TPSA) is 40.7 Å². The number of H-pyrrole nitrogens is 1. The van der Waals surface area contributed by atoms with E-state index < -0.39 is 0 Å². The largest absolute Gasteiger partial charge is 0.316 e. The maximum Gasteiger partial charge on any atom is 0.0568 e. The molecule has 1 aliphatic heterocycles. The van der Waals surface area contributed by atoms with E-state index in [0.29, 0.717) is 5.92 Å². The highest BCUT2D eigenvalue weighted by Gasteiger charge is 2.20. The van der Waals surface area contributed by atoms with E-state index in [1.54, 1.807) is 0 Å². The Morgan fingerprint density at radius 1 is 1.33 bits per heavy atom. The Kier molecular flexibility index (Phi) is 3.35. The third-order valence-electron chi connectivity index (χ3n) is 3.51. The number of hydrogen-bond donors (Lipinski definition) is 2. The number of hydrogen-bond acceptors (Lipinski definition) is 2. The Hall–Kier alpha value is -1.32. The molecule has 18 heavy (non-hydrogen) atoms. The first kappa shape index (κ1) is 11.8. The minimum atomic E-state index is 0.523. The molecule has 94 valence electrons. The van der Waals surface area contributed by atoms with Gasteiger partial charge in [0.2, 0.25) is 0 Å². The second-order valence-electron chi connectivity index (χ2n) is 4.75. The van der Waals surface area contributed by atoms with Crippen LogP contribution in [0.3, 0.4) is 0 Å². The number of nitrogens with one attached hydrogen (secondary N) is 2. The molecule has 0 bridgehead atoms. The molecule has 1 aromatic heterocycles. The van der Waals surface area contributed by atoms with Crippen LogP contribution < -0.4 is 5.32 Å². The molecular weight excluding hydrogens is 246 g/mol. The summed E-state index contributed by atoms with van der Waals surface area (Å²) >= 11 is 6.06. The predicted molar refractivity (Wildman–Crippen MR) is 73.9 cm³/mol. The first-order chi connectivity index (χ1) is 8.84. The van der Waals surface area contributed by atoms with Gasteiger partial charge in [0.15, 0.2) is 0 Å². The van der Waals surface area contributed by atoms with E-state index in [9.17, 15) is 0 Å². The van der Waals surface area contributed by atoms with Crippen LogP contribution in [0.15, 0.2) is 30.5 Å². The number of rotatable bonds is 2. The first-order valence-corrected chi connectivity index (χ1v) is 6.72. The lowest BCUT2D eigenvalue weighted by atomic mass is 9.91. The van der Waals surface area contributed by atoms with E-state index >= 15 is 0 Å². The molecule has 2 N–H and O–H groups in total. The molecule has 1 aromatic carbocycles. The molecule has 1 fully saturated rings. The third kappa shape index (κ3) is 2.28. The number of benzene rings is 1. The van der Waals surface area contributed by atoms with Crippen molar-refractivity contribution in [2.24, 2.45) is 0 Å². The van der Waals surface area contributed by atoms with Gasteiger partial charge in [0.05, 0.1) is 6.20 Å². The molecule has 2 heterocycles. The summed E-state index contributed by atoms with van der Waals surface area (Å²) in [5.41, 5.74) is 3.53. The third-order valence-corrected chi connectivity index (χ3v) is 3.74. The summed E-state index contributed by atoms with van der Waals surface area (Å²) in [5.74, 6) is 0.523. The average Bonchev–Trinajstić information content (AvgIpc) is 2.89. The Labute approximate surface area is 112 Å². The molecule has 0 saturated carbocycles. The number of aromatic amines is 1. The molecule has 0 aliphatic carbocycles. The molecule has 0 spiro atoms. The van der Waals surface area contributed by atoms with Gasteiger partial charge >= 0.3 is 0 Å². The highest BCUT2D eigenvalue weighted by atomic mass is 35.5. The van der Waals surface area contributed by atoms with Crippen LogP contribution in [-0.4, -0.2) is 23.3 Å². The smallest absolute Gasteiger partial charge is 0.0568 e. The second-order valence-corrected chi connectivity index (χ2v) is 5.19. The Bertz CT molecular complexity index is 529. The van der Waals surface area contributed by atoms with Crippen molar-refractivity contribution in [3.05, 3.63) is 41.2 Å². The summed E-state index contributed by atoms with van der Waals surface area (Å²) in [5, 5.41) is 11.6. The molecule has 1 atom stereocenters. The molecule has 2 aromatic rings. The number of halogens is 1. The quantitative estimate of drug-likeness (QED) is 0.872. The number of nitrogens with zero attached hydrogens (tertiary/aromatic N) is 1.